The van der Waals surface area contributed by atoms with Crippen molar-refractivity contribution in [1.82, 2.24) is 14.7 Å². The average molecular weight is 369 g/mol. The van der Waals surface area contributed by atoms with Crippen LogP contribution in [0.2, 0.25) is 0 Å². The molecular weight excluding hydrogens is 344 g/mol. The van der Waals surface area contributed by atoms with Crippen LogP contribution in [0.15, 0.2) is 12.4 Å². The summed E-state index contributed by atoms with van der Waals surface area (Å²) in [4.78, 5) is 13.5. The molecule has 0 aliphatic carbocycles. The summed E-state index contributed by atoms with van der Waals surface area (Å²) in [6, 6.07) is 2.22. The quantitative estimate of drug-likeness (QED) is 0.848. The molecule has 0 unspecified atom stereocenters. The van der Waals surface area contributed by atoms with Crippen molar-refractivity contribution in [3.05, 3.63) is 17.3 Å². The van der Waals surface area contributed by atoms with E-state index in [-0.39, 0.29) is 11.8 Å². The van der Waals surface area contributed by atoms with Crippen molar-refractivity contribution in [1.29, 1.82) is 0 Å². The number of fused-ring (bicyclic) bond motifs is 1. The van der Waals surface area contributed by atoms with E-state index in [2.05, 4.69) is 32.6 Å². The van der Waals surface area contributed by atoms with Gasteiger partial charge in [0.1, 0.15) is 17.0 Å². The highest BCUT2D eigenvalue weighted by atomic mass is 32.2. The molecule has 132 valence electrons. The van der Waals surface area contributed by atoms with Gasteiger partial charge in [-0.2, -0.15) is 0 Å². The van der Waals surface area contributed by atoms with Crippen LogP contribution in [0.1, 0.15) is 38.0 Å². The van der Waals surface area contributed by atoms with Crippen LogP contribution in [0.25, 0.3) is 10.2 Å². The van der Waals surface area contributed by atoms with E-state index in [1.54, 1.807) is 17.7 Å². The van der Waals surface area contributed by atoms with Crippen LogP contribution >= 0.6 is 11.3 Å². The summed E-state index contributed by atoms with van der Waals surface area (Å²) in [5.74, 6) is 1.18. The normalized spacial score (nSPS) is 16.8. The maximum absolute atomic E-state index is 11.9. The van der Waals surface area contributed by atoms with Gasteiger partial charge in [-0.15, -0.1) is 11.3 Å². The van der Waals surface area contributed by atoms with Crippen LogP contribution in [-0.4, -0.2) is 43.3 Å². The van der Waals surface area contributed by atoms with Crippen LogP contribution in [-0.2, 0) is 16.4 Å². The molecule has 0 aromatic carbocycles. The van der Waals surface area contributed by atoms with Gasteiger partial charge in [0.05, 0.1) is 11.1 Å². The molecule has 0 atom stereocenters. The Morgan fingerprint density at radius 1 is 1.29 bits per heavy atom. The lowest BCUT2D eigenvalue weighted by Crippen LogP contribution is -2.45. The third-order valence-electron chi connectivity index (χ3n) is 4.32. The summed E-state index contributed by atoms with van der Waals surface area (Å²) in [5.41, 5.74) is 0. The maximum Gasteiger partial charge on any atom is 0.211 e. The Morgan fingerprint density at radius 3 is 2.71 bits per heavy atom. The molecule has 24 heavy (non-hydrogen) atoms. The third kappa shape index (κ3) is 3.87. The molecule has 1 N–H and O–H groups in total. The van der Waals surface area contributed by atoms with E-state index in [9.17, 15) is 8.42 Å². The van der Waals surface area contributed by atoms with Gasteiger partial charge in [0.2, 0.25) is 10.0 Å². The molecule has 0 saturated carbocycles. The zero-order valence-electron chi connectivity index (χ0n) is 14.2. The van der Waals surface area contributed by atoms with Gasteiger partial charge in [0, 0.05) is 24.0 Å². The Balaban J connectivity index is 1.70. The fourth-order valence-corrected chi connectivity index (χ4v) is 5.44. The molecule has 0 bridgehead atoms. The van der Waals surface area contributed by atoms with E-state index < -0.39 is 10.0 Å². The Bertz CT molecular complexity index is 796. The lowest BCUT2D eigenvalue weighted by Gasteiger charge is -2.33. The highest BCUT2D eigenvalue weighted by molar-refractivity contribution is 7.89. The van der Waals surface area contributed by atoms with Crippen molar-refractivity contribution in [2.45, 2.75) is 45.6 Å². The summed E-state index contributed by atoms with van der Waals surface area (Å²) in [5, 5.41) is 1.12. The number of anilines is 1. The van der Waals surface area contributed by atoms with Gasteiger partial charge < -0.3 is 4.90 Å². The van der Waals surface area contributed by atoms with Gasteiger partial charge in [-0.25, -0.2) is 23.1 Å². The van der Waals surface area contributed by atoms with Crippen LogP contribution in [0.5, 0.6) is 0 Å². The van der Waals surface area contributed by atoms with Gasteiger partial charge in [-0.1, -0.05) is 13.8 Å². The number of hydrogen-bond acceptors (Lipinski definition) is 6. The molecular formula is C16H24N4O2S2. The first-order valence-electron chi connectivity index (χ1n) is 8.50. The molecule has 0 radical (unpaired) electrons. The van der Waals surface area contributed by atoms with Crippen LogP contribution in [0.4, 0.5) is 5.82 Å². The summed E-state index contributed by atoms with van der Waals surface area (Å²) < 4.78 is 26.7. The summed E-state index contributed by atoms with van der Waals surface area (Å²) in [7, 11) is -3.14. The first-order valence-corrected chi connectivity index (χ1v) is 11.0. The molecule has 0 amide bonds. The number of nitrogens with zero attached hydrogens (tertiary/aromatic N) is 3. The van der Waals surface area contributed by atoms with Crippen molar-refractivity contribution in [3.63, 3.8) is 0 Å². The fourth-order valence-electron chi connectivity index (χ4n) is 3.11. The molecule has 3 heterocycles. The van der Waals surface area contributed by atoms with Crippen LogP contribution in [0.3, 0.4) is 0 Å². The van der Waals surface area contributed by atoms with E-state index in [0.29, 0.717) is 6.42 Å². The van der Waals surface area contributed by atoms with Gasteiger partial charge in [0.15, 0.2) is 0 Å². The van der Waals surface area contributed by atoms with Crippen molar-refractivity contribution < 1.29 is 8.42 Å². The predicted octanol–water partition coefficient (Wildman–Crippen LogP) is 2.55. The second kappa shape index (κ2) is 7.33. The first-order chi connectivity index (χ1) is 11.5. The zero-order valence-corrected chi connectivity index (χ0v) is 15.8. The number of piperidine rings is 1. The lowest BCUT2D eigenvalue weighted by molar-refractivity contribution is 0.458. The second-order valence-electron chi connectivity index (χ2n) is 6.18. The van der Waals surface area contributed by atoms with E-state index in [4.69, 9.17) is 0 Å². The Morgan fingerprint density at radius 2 is 2.04 bits per heavy atom. The van der Waals surface area contributed by atoms with Crippen LogP contribution in [0, 0.1) is 0 Å². The Labute approximate surface area is 147 Å². The van der Waals surface area contributed by atoms with Crippen LogP contribution < -0.4 is 9.62 Å². The Kier molecular flexibility index (Phi) is 5.36. The predicted molar refractivity (Wildman–Crippen MR) is 99.2 cm³/mol. The average Bonchev–Trinajstić information content (AvgIpc) is 2.98. The number of aryl methyl sites for hydroxylation is 1. The first kappa shape index (κ1) is 17.6. The number of sulfonamides is 1. The highest BCUT2D eigenvalue weighted by Crippen LogP contribution is 2.31. The van der Waals surface area contributed by atoms with E-state index >= 15 is 0 Å². The second-order valence-corrected chi connectivity index (χ2v) is 9.17. The monoisotopic (exact) mass is 368 g/mol. The molecule has 6 nitrogen and oxygen atoms in total. The molecule has 0 spiro atoms. The number of thiophene rings is 1. The lowest BCUT2D eigenvalue weighted by atomic mass is 10.1. The minimum absolute atomic E-state index is 0.0313. The van der Waals surface area contributed by atoms with E-state index in [0.717, 1.165) is 48.4 Å². The van der Waals surface area contributed by atoms with E-state index in [1.165, 1.54) is 4.88 Å². The molecule has 8 heteroatoms. The molecule has 2 aromatic heterocycles. The minimum Gasteiger partial charge on any atom is -0.356 e. The summed E-state index contributed by atoms with van der Waals surface area (Å²) in [6.45, 7) is 5.64. The molecule has 2 aromatic rings. The fraction of sp³-hybridized carbons (Fsp3) is 0.625. The number of aromatic nitrogens is 2. The number of rotatable bonds is 6. The standard InChI is InChI=1S/C16H24N4O2S2/c1-3-9-24(21,22)19-12-5-7-20(8-6-12)15-14-10-13(4-2)23-16(14)18-11-17-15/h10-12,19H,3-9H2,1-2H3. The highest BCUT2D eigenvalue weighted by Gasteiger charge is 2.25. The van der Waals surface area contributed by atoms with Gasteiger partial charge in [-0.05, 0) is 31.7 Å². The topological polar surface area (TPSA) is 75.2 Å². The Hall–Kier alpha value is -1.25. The number of nitrogens with one attached hydrogen (secondary N) is 1. The molecule has 1 aliphatic heterocycles. The molecule has 1 aliphatic rings. The zero-order chi connectivity index (χ0) is 17.2. The molecule has 1 saturated heterocycles. The van der Waals surface area contributed by atoms with Gasteiger partial charge in [0.25, 0.3) is 0 Å². The third-order valence-corrected chi connectivity index (χ3v) is 7.15. The van der Waals surface area contributed by atoms with Crippen molar-refractivity contribution in [2.24, 2.45) is 0 Å². The minimum atomic E-state index is -3.14. The summed E-state index contributed by atoms with van der Waals surface area (Å²) >= 11 is 1.72. The smallest absolute Gasteiger partial charge is 0.211 e. The molecule has 1 fully saturated rings. The largest absolute Gasteiger partial charge is 0.356 e. The maximum atomic E-state index is 11.9. The SMILES string of the molecule is CCCS(=O)(=O)NC1CCN(c2ncnc3sc(CC)cc23)CC1. The van der Waals surface area contributed by atoms with Crippen molar-refractivity contribution in [2.75, 3.05) is 23.7 Å². The number of hydrogen-bond donors (Lipinski definition) is 1. The van der Waals surface area contributed by atoms with E-state index in [1.807, 2.05) is 6.92 Å². The van der Waals surface area contributed by atoms with Gasteiger partial charge >= 0.3 is 0 Å². The molecule has 3 rings (SSSR count). The van der Waals surface area contributed by atoms with Crippen molar-refractivity contribution in [3.8, 4) is 0 Å². The van der Waals surface area contributed by atoms with Gasteiger partial charge in [-0.3, -0.25) is 0 Å². The summed E-state index contributed by atoms with van der Waals surface area (Å²) in [6.07, 6.45) is 4.88. The van der Waals surface area contributed by atoms with Crippen molar-refractivity contribution >= 4 is 37.4 Å².